The van der Waals surface area contributed by atoms with Gasteiger partial charge in [0.15, 0.2) is 5.82 Å². The highest BCUT2D eigenvalue weighted by Crippen LogP contribution is 2.36. The maximum atomic E-state index is 12.6. The summed E-state index contributed by atoms with van der Waals surface area (Å²) < 4.78 is 5.29. The van der Waals surface area contributed by atoms with Crippen LogP contribution in [-0.2, 0) is 17.7 Å². The van der Waals surface area contributed by atoms with Gasteiger partial charge in [-0.05, 0) is 76.7 Å². The molecule has 2 saturated heterocycles. The average Bonchev–Trinajstić information content (AvgIpc) is 3.01. The number of benzene rings is 1. The second kappa shape index (κ2) is 14.1. The van der Waals surface area contributed by atoms with Crippen molar-refractivity contribution in [3.05, 3.63) is 51.9 Å². The minimum atomic E-state index is -0.305. The van der Waals surface area contributed by atoms with Crippen molar-refractivity contribution in [3.63, 3.8) is 0 Å². The van der Waals surface area contributed by atoms with Gasteiger partial charge in [0, 0.05) is 49.3 Å². The number of hydrogen-bond donors (Lipinski definition) is 1. The molecule has 1 aliphatic carbocycles. The monoisotopic (exact) mass is 596 g/mol. The van der Waals surface area contributed by atoms with E-state index in [4.69, 9.17) is 26.3 Å². The van der Waals surface area contributed by atoms with E-state index in [2.05, 4.69) is 26.9 Å². The first-order chi connectivity index (χ1) is 20.4. The molecule has 1 aromatic carbocycles. The number of amides is 1. The number of fused-ring (bicyclic) bond motifs is 1. The standard InChI is InChI=1S/C32H45ClN6O3/c1-4-26-30(35-20-27(36-26)31(40)34-5-2)39-18-17-38(28-9-7-8-10-29(28)39)24-13-15-37(16-14-24)21-22-11-12-23(33)19-25(22)32(41)42-6-3/h11-12,19-20,24,28-29H,4-10,13-18,21H2,1-3H3,(H,34,40)/t28-,29+/m1/s1. The number of piperidine rings is 1. The second-order valence-corrected chi connectivity index (χ2v) is 12.1. The van der Waals surface area contributed by atoms with E-state index in [1.807, 2.05) is 26.0 Å². The fourth-order valence-corrected chi connectivity index (χ4v) is 7.28. The molecule has 0 radical (unpaired) electrons. The van der Waals surface area contributed by atoms with Gasteiger partial charge in [-0.2, -0.15) is 0 Å². The molecule has 2 aliphatic heterocycles. The van der Waals surface area contributed by atoms with Gasteiger partial charge in [-0.15, -0.1) is 0 Å². The zero-order valence-corrected chi connectivity index (χ0v) is 26.0. The first-order valence-corrected chi connectivity index (χ1v) is 16.2. The van der Waals surface area contributed by atoms with Gasteiger partial charge in [0.1, 0.15) is 5.69 Å². The van der Waals surface area contributed by atoms with E-state index in [1.165, 1.54) is 19.3 Å². The number of hydrogen-bond acceptors (Lipinski definition) is 8. The van der Waals surface area contributed by atoms with Gasteiger partial charge in [0.05, 0.1) is 24.1 Å². The Balaban J connectivity index is 1.25. The van der Waals surface area contributed by atoms with E-state index >= 15 is 0 Å². The summed E-state index contributed by atoms with van der Waals surface area (Å²) in [6.07, 6.45) is 9.50. The van der Waals surface area contributed by atoms with Crippen molar-refractivity contribution in [1.82, 2.24) is 25.1 Å². The van der Waals surface area contributed by atoms with Crippen LogP contribution in [0.1, 0.15) is 91.4 Å². The highest BCUT2D eigenvalue weighted by molar-refractivity contribution is 6.31. The van der Waals surface area contributed by atoms with Crippen LogP contribution in [0.5, 0.6) is 0 Å². The van der Waals surface area contributed by atoms with Crippen LogP contribution in [0, 0.1) is 0 Å². The summed E-state index contributed by atoms with van der Waals surface area (Å²) in [4.78, 5) is 42.3. The van der Waals surface area contributed by atoms with Gasteiger partial charge in [-0.1, -0.05) is 37.4 Å². The van der Waals surface area contributed by atoms with E-state index < -0.39 is 0 Å². The largest absolute Gasteiger partial charge is 0.462 e. The molecule has 0 unspecified atom stereocenters. The Morgan fingerprint density at radius 1 is 1.02 bits per heavy atom. The van der Waals surface area contributed by atoms with Crippen molar-refractivity contribution in [1.29, 1.82) is 0 Å². The number of anilines is 1. The second-order valence-electron chi connectivity index (χ2n) is 11.6. The summed E-state index contributed by atoms with van der Waals surface area (Å²) in [5.41, 5.74) is 2.86. The molecule has 228 valence electrons. The van der Waals surface area contributed by atoms with Gasteiger partial charge in [0.2, 0.25) is 0 Å². The molecular weight excluding hydrogens is 552 g/mol. The molecule has 0 bridgehead atoms. The highest BCUT2D eigenvalue weighted by Gasteiger charge is 2.42. The number of rotatable bonds is 9. The molecule has 3 aliphatic rings. The number of halogens is 1. The van der Waals surface area contributed by atoms with Gasteiger partial charge >= 0.3 is 5.97 Å². The number of likely N-dealkylation sites (tertiary alicyclic amines) is 1. The lowest BCUT2D eigenvalue weighted by molar-refractivity contribution is 0.0297. The van der Waals surface area contributed by atoms with Crippen LogP contribution in [0.15, 0.2) is 24.4 Å². The van der Waals surface area contributed by atoms with Gasteiger partial charge in [-0.3, -0.25) is 14.6 Å². The van der Waals surface area contributed by atoms with E-state index in [9.17, 15) is 9.59 Å². The zero-order chi connectivity index (χ0) is 29.6. The fraction of sp³-hybridized carbons (Fsp3) is 0.625. The summed E-state index contributed by atoms with van der Waals surface area (Å²) >= 11 is 6.21. The van der Waals surface area contributed by atoms with Crippen LogP contribution < -0.4 is 10.2 Å². The number of aryl methyl sites for hydroxylation is 1. The van der Waals surface area contributed by atoms with E-state index in [0.717, 1.165) is 75.5 Å². The molecule has 3 fully saturated rings. The Hall–Kier alpha value is -2.75. The smallest absolute Gasteiger partial charge is 0.338 e. The van der Waals surface area contributed by atoms with Crippen LogP contribution in [0.2, 0.25) is 5.02 Å². The SMILES string of the molecule is CCNC(=O)c1cnc(N2CCN(C3CCN(Cc4ccc(Cl)cc4C(=O)OCC)CC3)[C@@H]3CCCC[C@@H]32)c(CC)n1. The van der Waals surface area contributed by atoms with Crippen LogP contribution in [0.4, 0.5) is 5.82 Å². The van der Waals surface area contributed by atoms with Crippen molar-refractivity contribution in [2.45, 2.75) is 90.4 Å². The number of carbonyl (C=O) groups excluding carboxylic acids is 2. The van der Waals surface area contributed by atoms with Crippen LogP contribution >= 0.6 is 11.6 Å². The number of piperazine rings is 1. The van der Waals surface area contributed by atoms with Crippen LogP contribution in [0.3, 0.4) is 0 Å². The Bertz CT molecular complexity index is 1250. The number of nitrogens with zero attached hydrogens (tertiary/aromatic N) is 5. The molecule has 1 aromatic heterocycles. The topological polar surface area (TPSA) is 90.9 Å². The normalized spacial score (nSPS) is 22.0. The van der Waals surface area contributed by atoms with Crippen molar-refractivity contribution in [2.24, 2.45) is 0 Å². The third-order valence-corrected chi connectivity index (χ3v) is 9.34. The van der Waals surface area contributed by atoms with Crippen LogP contribution in [0.25, 0.3) is 0 Å². The van der Waals surface area contributed by atoms with E-state index in [0.29, 0.717) is 47.6 Å². The summed E-state index contributed by atoms with van der Waals surface area (Å²) in [7, 11) is 0. The quantitative estimate of drug-likeness (QED) is 0.416. The molecule has 0 spiro atoms. The summed E-state index contributed by atoms with van der Waals surface area (Å²) in [6, 6.07) is 7.03. The van der Waals surface area contributed by atoms with Gasteiger partial charge < -0.3 is 15.0 Å². The predicted molar refractivity (Wildman–Crippen MR) is 165 cm³/mol. The Morgan fingerprint density at radius 2 is 1.79 bits per heavy atom. The van der Waals surface area contributed by atoms with Crippen molar-refractivity contribution >= 4 is 29.3 Å². The molecule has 3 heterocycles. The third-order valence-electron chi connectivity index (χ3n) is 9.11. The van der Waals surface area contributed by atoms with Gasteiger partial charge in [-0.25, -0.2) is 14.8 Å². The first kappa shape index (κ1) is 30.7. The molecule has 5 rings (SSSR count). The number of nitrogens with one attached hydrogen (secondary N) is 1. The number of aromatic nitrogens is 2. The third kappa shape index (κ3) is 6.74. The lowest BCUT2D eigenvalue weighted by atomic mass is 9.84. The number of carbonyl (C=O) groups is 2. The Morgan fingerprint density at radius 3 is 2.50 bits per heavy atom. The zero-order valence-electron chi connectivity index (χ0n) is 25.3. The maximum Gasteiger partial charge on any atom is 0.338 e. The minimum Gasteiger partial charge on any atom is -0.462 e. The van der Waals surface area contributed by atoms with Crippen molar-refractivity contribution < 1.29 is 14.3 Å². The molecule has 1 amide bonds. The molecule has 1 saturated carbocycles. The summed E-state index contributed by atoms with van der Waals surface area (Å²) in [5.74, 6) is 0.490. The Labute approximate surface area is 255 Å². The predicted octanol–water partition coefficient (Wildman–Crippen LogP) is 4.72. The molecule has 2 aromatic rings. The molecule has 10 heteroatoms. The lowest BCUT2D eigenvalue weighted by Gasteiger charge is -2.54. The van der Waals surface area contributed by atoms with Gasteiger partial charge in [0.25, 0.3) is 5.91 Å². The Kier molecular flexibility index (Phi) is 10.3. The molecular formula is C32H45ClN6O3. The average molecular weight is 597 g/mol. The molecule has 2 atom stereocenters. The number of esters is 1. The van der Waals surface area contributed by atoms with Crippen LogP contribution in [-0.4, -0.2) is 89.1 Å². The van der Waals surface area contributed by atoms with E-state index in [-0.39, 0.29) is 11.9 Å². The first-order valence-electron chi connectivity index (χ1n) is 15.8. The fourth-order valence-electron chi connectivity index (χ4n) is 7.11. The lowest BCUT2D eigenvalue weighted by Crippen LogP contribution is -2.64. The minimum absolute atomic E-state index is 0.161. The number of ether oxygens (including phenoxy) is 1. The molecule has 42 heavy (non-hydrogen) atoms. The molecule has 1 N–H and O–H groups in total. The van der Waals surface area contributed by atoms with Crippen molar-refractivity contribution in [2.75, 3.05) is 44.2 Å². The van der Waals surface area contributed by atoms with Crippen molar-refractivity contribution in [3.8, 4) is 0 Å². The highest BCUT2D eigenvalue weighted by atomic mass is 35.5. The molecule has 9 nitrogen and oxygen atoms in total. The summed E-state index contributed by atoms with van der Waals surface area (Å²) in [5, 5.41) is 3.39. The maximum absolute atomic E-state index is 12.6. The summed E-state index contributed by atoms with van der Waals surface area (Å²) in [6.45, 7) is 11.4. The van der Waals surface area contributed by atoms with E-state index in [1.54, 1.807) is 12.3 Å².